The molecule has 0 aliphatic heterocycles. The molecule has 0 heterocycles. The molecule has 2 aromatic carbocycles. The SMILES string of the molecule is COc1cc(CC(CN)c2cc(C)cc(C)c2)cc(Cl)c1OC. The Morgan fingerprint density at radius 1 is 1.00 bits per heavy atom. The van der Waals surface area contributed by atoms with Gasteiger partial charge in [-0.25, -0.2) is 0 Å². The van der Waals surface area contributed by atoms with Crippen LogP contribution in [-0.2, 0) is 6.42 Å². The second-order valence-electron chi connectivity index (χ2n) is 5.87. The smallest absolute Gasteiger partial charge is 0.179 e. The van der Waals surface area contributed by atoms with Crippen LogP contribution >= 0.6 is 11.6 Å². The quantitative estimate of drug-likeness (QED) is 0.859. The highest BCUT2D eigenvalue weighted by atomic mass is 35.5. The molecule has 0 amide bonds. The molecular weight excluding hydrogens is 310 g/mol. The summed E-state index contributed by atoms with van der Waals surface area (Å²) in [6.07, 6.45) is 0.805. The summed E-state index contributed by atoms with van der Waals surface area (Å²) in [7, 11) is 3.20. The first-order valence-electron chi connectivity index (χ1n) is 7.67. The zero-order valence-electron chi connectivity index (χ0n) is 14.2. The Hall–Kier alpha value is -1.71. The lowest BCUT2D eigenvalue weighted by Gasteiger charge is -2.18. The summed E-state index contributed by atoms with van der Waals surface area (Å²) >= 11 is 6.30. The fraction of sp³-hybridized carbons (Fsp3) is 0.368. The van der Waals surface area contributed by atoms with Crippen LogP contribution in [0.1, 0.15) is 28.2 Å². The number of methoxy groups -OCH3 is 2. The van der Waals surface area contributed by atoms with Gasteiger partial charge in [0.05, 0.1) is 19.2 Å². The maximum absolute atomic E-state index is 6.30. The topological polar surface area (TPSA) is 44.5 Å². The maximum Gasteiger partial charge on any atom is 0.179 e. The van der Waals surface area contributed by atoms with E-state index in [-0.39, 0.29) is 5.92 Å². The number of hydrogen-bond donors (Lipinski definition) is 1. The molecule has 0 aliphatic carbocycles. The van der Waals surface area contributed by atoms with Gasteiger partial charge in [0, 0.05) is 5.92 Å². The Kier molecular flexibility index (Phi) is 5.91. The molecule has 0 aromatic heterocycles. The molecule has 2 N–H and O–H groups in total. The molecule has 0 saturated carbocycles. The van der Waals surface area contributed by atoms with E-state index in [4.69, 9.17) is 26.8 Å². The van der Waals surface area contributed by atoms with Crippen molar-refractivity contribution in [3.05, 3.63) is 57.6 Å². The lowest BCUT2D eigenvalue weighted by atomic mass is 9.90. The van der Waals surface area contributed by atoms with Crippen LogP contribution in [0.5, 0.6) is 11.5 Å². The van der Waals surface area contributed by atoms with E-state index in [0.29, 0.717) is 23.1 Å². The number of ether oxygens (including phenoxy) is 2. The van der Waals surface area contributed by atoms with Crippen LogP contribution in [0.15, 0.2) is 30.3 Å². The number of halogens is 1. The van der Waals surface area contributed by atoms with Gasteiger partial charge in [-0.15, -0.1) is 0 Å². The van der Waals surface area contributed by atoms with Gasteiger partial charge in [0.25, 0.3) is 0 Å². The first kappa shape index (κ1) is 17.6. The average Bonchev–Trinajstić information content (AvgIpc) is 2.50. The molecule has 4 heteroatoms. The lowest BCUT2D eigenvalue weighted by Crippen LogP contribution is -2.15. The van der Waals surface area contributed by atoms with Gasteiger partial charge in [0.2, 0.25) is 0 Å². The van der Waals surface area contributed by atoms with Gasteiger partial charge in [0.15, 0.2) is 11.5 Å². The van der Waals surface area contributed by atoms with Gasteiger partial charge in [-0.3, -0.25) is 0 Å². The molecule has 1 unspecified atom stereocenters. The molecule has 124 valence electrons. The van der Waals surface area contributed by atoms with Gasteiger partial charge in [-0.2, -0.15) is 0 Å². The Labute approximate surface area is 143 Å². The zero-order chi connectivity index (χ0) is 17.0. The summed E-state index contributed by atoms with van der Waals surface area (Å²) in [5.74, 6) is 1.45. The van der Waals surface area contributed by atoms with E-state index in [1.165, 1.54) is 16.7 Å². The molecule has 0 saturated heterocycles. The van der Waals surface area contributed by atoms with E-state index >= 15 is 0 Å². The van der Waals surface area contributed by atoms with Crippen LogP contribution in [-0.4, -0.2) is 20.8 Å². The van der Waals surface area contributed by atoms with E-state index in [2.05, 4.69) is 32.0 Å². The van der Waals surface area contributed by atoms with Crippen molar-refractivity contribution in [3.8, 4) is 11.5 Å². The van der Waals surface area contributed by atoms with Crippen LogP contribution in [0.4, 0.5) is 0 Å². The zero-order valence-corrected chi connectivity index (χ0v) is 14.9. The van der Waals surface area contributed by atoms with Gasteiger partial charge < -0.3 is 15.2 Å². The second kappa shape index (κ2) is 7.71. The fourth-order valence-corrected chi connectivity index (χ4v) is 3.27. The van der Waals surface area contributed by atoms with Gasteiger partial charge in [-0.1, -0.05) is 40.9 Å². The van der Waals surface area contributed by atoms with Crippen molar-refractivity contribution in [2.24, 2.45) is 5.73 Å². The Balaban J connectivity index is 2.33. The minimum Gasteiger partial charge on any atom is -0.493 e. The summed E-state index contributed by atoms with van der Waals surface area (Å²) < 4.78 is 10.7. The molecule has 2 aromatic rings. The van der Waals surface area contributed by atoms with E-state index in [1.54, 1.807) is 14.2 Å². The van der Waals surface area contributed by atoms with Gasteiger partial charge in [0.1, 0.15) is 0 Å². The number of nitrogens with two attached hydrogens (primary N) is 1. The number of benzene rings is 2. The summed E-state index contributed by atoms with van der Waals surface area (Å²) in [4.78, 5) is 0. The summed E-state index contributed by atoms with van der Waals surface area (Å²) in [6.45, 7) is 4.80. The van der Waals surface area contributed by atoms with Crippen molar-refractivity contribution in [1.29, 1.82) is 0 Å². The van der Waals surface area contributed by atoms with Crippen molar-refractivity contribution in [1.82, 2.24) is 0 Å². The fourth-order valence-electron chi connectivity index (χ4n) is 2.96. The third-order valence-electron chi connectivity index (χ3n) is 3.98. The van der Waals surface area contributed by atoms with Crippen molar-refractivity contribution in [3.63, 3.8) is 0 Å². The molecule has 23 heavy (non-hydrogen) atoms. The van der Waals surface area contributed by atoms with Gasteiger partial charge in [-0.05, 0) is 50.1 Å². The minimum atomic E-state index is 0.239. The van der Waals surface area contributed by atoms with Crippen LogP contribution in [0, 0.1) is 13.8 Å². The molecule has 0 radical (unpaired) electrons. The predicted molar refractivity (Wildman–Crippen MR) is 96.0 cm³/mol. The highest BCUT2D eigenvalue weighted by Gasteiger charge is 2.16. The Morgan fingerprint density at radius 2 is 1.65 bits per heavy atom. The number of aryl methyl sites for hydroxylation is 2. The molecule has 2 rings (SSSR count). The lowest BCUT2D eigenvalue weighted by molar-refractivity contribution is 0.354. The van der Waals surface area contributed by atoms with Crippen LogP contribution < -0.4 is 15.2 Å². The molecule has 0 aliphatic rings. The summed E-state index contributed by atoms with van der Waals surface area (Å²) in [5.41, 5.74) is 10.9. The van der Waals surface area contributed by atoms with Crippen LogP contribution in [0.3, 0.4) is 0 Å². The Morgan fingerprint density at radius 3 is 2.17 bits per heavy atom. The molecule has 0 bridgehead atoms. The van der Waals surface area contributed by atoms with Crippen molar-refractivity contribution in [2.45, 2.75) is 26.2 Å². The third-order valence-corrected chi connectivity index (χ3v) is 4.26. The van der Waals surface area contributed by atoms with Crippen molar-refractivity contribution in [2.75, 3.05) is 20.8 Å². The third kappa shape index (κ3) is 4.18. The molecule has 0 spiro atoms. The van der Waals surface area contributed by atoms with Crippen LogP contribution in [0.2, 0.25) is 5.02 Å². The largest absolute Gasteiger partial charge is 0.493 e. The predicted octanol–water partition coefficient (Wildman–Crippen LogP) is 4.26. The van der Waals surface area contributed by atoms with Crippen molar-refractivity contribution >= 4 is 11.6 Å². The van der Waals surface area contributed by atoms with E-state index < -0.39 is 0 Å². The van der Waals surface area contributed by atoms with Crippen LogP contribution in [0.25, 0.3) is 0 Å². The monoisotopic (exact) mass is 333 g/mol. The number of rotatable bonds is 6. The molecule has 0 fully saturated rings. The standard InChI is InChI=1S/C19H24ClNO2/c1-12-5-13(2)7-15(6-12)16(11-21)8-14-9-17(20)19(23-4)18(10-14)22-3/h5-7,9-10,16H,8,11,21H2,1-4H3. The first-order chi connectivity index (χ1) is 11.0. The van der Waals surface area contributed by atoms with E-state index in [1.807, 2.05) is 12.1 Å². The maximum atomic E-state index is 6.30. The first-order valence-corrected chi connectivity index (χ1v) is 8.05. The number of hydrogen-bond acceptors (Lipinski definition) is 3. The summed E-state index contributed by atoms with van der Waals surface area (Å²) in [5, 5.41) is 0.554. The normalized spacial score (nSPS) is 12.1. The average molecular weight is 334 g/mol. The molecular formula is C19H24ClNO2. The second-order valence-corrected chi connectivity index (χ2v) is 6.28. The molecule has 1 atom stereocenters. The Bertz CT molecular complexity index is 665. The highest BCUT2D eigenvalue weighted by Crippen LogP contribution is 2.37. The van der Waals surface area contributed by atoms with Gasteiger partial charge >= 0.3 is 0 Å². The summed E-state index contributed by atoms with van der Waals surface area (Å²) in [6, 6.07) is 10.5. The van der Waals surface area contributed by atoms with E-state index in [9.17, 15) is 0 Å². The molecule has 3 nitrogen and oxygen atoms in total. The van der Waals surface area contributed by atoms with E-state index in [0.717, 1.165) is 12.0 Å². The van der Waals surface area contributed by atoms with Crippen molar-refractivity contribution < 1.29 is 9.47 Å². The highest BCUT2D eigenvalue weighted by molar-refractivity contribution is 6.32. The minimum absolute atomic E-state index is 0.239.